The lowest BCUT2D eigenvalue weighted by atomic mass is 10.1. The van der Waals surface area contributed by atoms with Gasteiger partial charge in [-0.1, -0.05) is 41.4 Å². The summed E-state index contributed by atoms with van der Waals surface area (Å²) in [7, 11) is -3.65. The third-order valence-corrected chi connectivity index (χ3v) is 6.26. The zero-order chi connectivity index (χ0) is 15.2. The number of fused-ring (bicyclic) bond motifs is 1. The molecule has 0 N–H and O–H groups in total. The van der Waals surface area contributed by atoms with E-state index in [9.17, 15) is 8.42 Å². The Labute approximate surface area is 134 Å². The van der Waals surface area contributed by atoms with E-state index < -0.39 is 10.0 Å². The molecule has 1 atom stereocenters. The lowest BCUT2D eigenvalue weighted by Crippen LogP contribution is -2.35. The Hall–Kier alpha value is -1.23. The van der Waals surface area contributed by atoms with Gasteiger partial charge in [0.1, 0.15) is 0 Å². The van der Waals surface area contributed by atoms with Crippen LogP contribution in [0.2, 0.25) is 10.0 Å². The molecule has 3 rings (SSSR count). The molecule has 0 saturated carbocycles. The SMILES string of the molecule is C[C@@H]1Cc2ccccc2N1S(=O)(=O)c1ccc(Cl)c(Cl)c1. The van der Waals surface area contributed by atoms with E-state index in [1.807, 2.05) is 31.2 Å². The summed E-state index contributed by atoms with van der Waals surface area (Å²) in [4.78, 5) is 0.153. The maximum atomic E-state index is 12.9. The molecule has 1 heterocycles. The summed E-state index contributed by atoms with van der Waals surface area (Å²) in [6.45, 7) is 1.90. The number of halogens is 2. The quantitative estimate of drug-likeness (QED) is 0.823. The number of hydrogen-bond acceptors (Lipinski definition) is 2. The first-order valence-corrected chi connectivity index (χ1v) is 8.68. The van der Waals surface area contributed by atoms with Crippen molar-refractivity contribution in [3.05, 3.63) is 58.1 Å². The average Bonchev–Trinajstić information content (AvgIpc) is 2.78. The second kappa shape index (κ2) is 5.20. The van der Waals surface area contributed by atoms with Crippen LogP contribution in [-0.4, -0.2) is 14.5 Å². The molecule has 2 aromatic rings. The fraction of sp³-hybridized carbons (Fsp3) is 0.200. The molecule has 6 heteroatoms. The fourth-order valence-electron chi connectivity index (χ4n) is 2.65. The van der Waals surface area contributed by atoms with E-state index in [0.717, 1.165) is 11.3 Å². The molecule has 1 aliphatic heterocycles. The molecule has 0 amide bonds. The van der Waals surface area contributed by atoms with Crippen LogP contribution in [0.1, 0.15) is 12.5 Å². The van der Waals surface area contributed by atoms with Crippen LogP contribution in [0.3, 0.4) is 0 Å². The highest BCUT2D eigenvalue weighted by Crippen LogP contribution is 2.37. The van der Waals surface area contributed by atoms with Gasteiger partial charge in [-0.15, -0.1) is 0 Å². The Morgan fingerprint density at radius 2 is 1.81 bits per heavy atom. The monoisotopic (exact) mass is 341 g/mol. The summed E-state index contributed by atoms with van der Waals surface area (Å²) in [6.07, 6.45) is 0.705. The highest BCUT2D eigenvalue weighted by Gasteiger charge is 2.35. The first-order chi connectivity index (χ1) is 9.91. The van der Waals surface area contributed by atoms with Crippen molar-refractivity contribution < 1.29 is 8.42 Å². The standard InChI is InChI=1S/C15H13Cl2NO2S/c1-10-8-11-4-2-3-5-15(11)18(10)21(19,20)12-6-7-13(16)14(17)9-12/h2-7,9-10H,8H2,1H3/t10-/m1/s1. The highest BCUT2D eigenvalue weighted by molar-refractivity contribution is 7.92. The van der Waals surface area contributed by atoms with E-state index in [4.69, 9.17) is 23.2 Å². The van der Waals surface area contributed by atoms with Crippen molar-refractivity contribution in [1.29, 1.82) is 0 Å². The molecule has 21 heavy (non-hydrogen) atoms. The smallest absolute Gasteiger partial charge is 0.263 e. The summed E-state index contributed by atoms with van der Waals surface area (Å²) in [6, 6.07) is 11.8. The molecular formula is C15H13Cl2NO2S. The third-order valence-electron chi connectivity index (χ3n) is 3.59. The number of hydrogen-bond donors (Lipinski definition) is 0. The fourth-order valence-corrected chi connectivity index (χ4v) is 4.74. The van der Waals surface area contributed by atoms with Gasteiger partial charge in [0.15, 0.2) is 0 Å². The molecule has 2 aromatic carbocycles. The molecule has 0 bridgehead atoms. The Balaban J connectivity index is 2.12. The van der Waals surface area contributed by atoms with E-state index >= 15 is 0 Å². The largest absolute Gasteiger partial charge is 0.264 e. The van der Waals surface area contributed by atoms with Crippen LogP contribution in [-0.2, 0) is 16.4 Å². The maximum Gasteiger partial charge on any atom is 0.264 e. The number of anilines is 1. The van der Waals surface area contributed by atoms with Gasteiger partial charge in [-0.2, -0.15) is 0 Å². The van der Waals surface area contributed by atoms with Gasteiger partial charge in [0.05, 0.1) is 20.6 Å². The first kappa shape index (κ1) is 14.7. The number of rotatable bonds is 2. The molecule has 0 fully saturated rings. The van der Waals surface area contributed by atoms with Crippen LogP contribution in [0.15, 0.2) is 47.4 Å². The summed E-state index contributed by atoms with van der Waals surface area (Å²) in [5.41, 5.74) is 1.77. The van der Waals surface area contributed by atoms with E-state index in [0.29, 0.717) is 11.4 Å². The predicted molar refractivity (Wildman–Crippen MR) is 85.7 cm³/mol. The van der Waals surface area contributed by atoms with Gasteiger partial charge < -0.3 is 0 Å². The second-order valence-electron chi connectivity index (χ2n) is 5.06. The number of nitrogens with zero attached hydrogens (tertiary/aromatic N) is 1. The summed E-state index contributed by atoms with van der Waals surface area (Å²) < 4.78 is 27.3. The van der Waals surface area contributed by atoms with Crippen LogP contribution < -0.4 is 4.31 Å². The topological polar surface area (TPSA) is 37.4 Å². The highest BCUT2D eigenvalue weighted by atomic mass is 35.5. The summed E-state index contributed by atoms with van der Waals surface area (Å²) >= 11 is 11.8. The molecule has 0 spiro atoms. The molecule has 3 nitrogen and oxygen atoms in total. The minimum absolute atomic E-state index is 0.123. The van der Waals surface area contributed by atoms with Crippen LogP contribution in [0.5, 0.6) is 0 Å². The minimum atomic E-state index is -3.65. The number of sulfonamides is 1. The number of benzene rings is 2. The van der Waals surface area contributed by atoms with Crippen LogP contribution in [0.4, 0.5) is 5.69 Å². The zero-order valence-corrected chi connectivity index (χ0v) is 13.6. The lowest BCUT2D eigenvalue weighted by molar-refractivity contribution is 0.584. The normalized spacial score (nSPS) is 17.9. The molecular weight excluding hydrogens is 329 g/mol. The summed E-state index contributed by atoms with van der Waals surface area (Å²) in [5.74, 6) is 0. The van der Waals surface area contributed by atoms with Gasteiger partial charge in [-0.05, 0) is 43.2 Å². The van der Waals surface area contributed by atoms with E-state index in [2.05, 4.69) is 0 Å². The van der Waals surface area contributed by atoms with Crippen molar-refractivity contribution in [2.24, 2.45) is 0 Å². The van der Waals surface area contributed by atoms with Crippen molar-refractivity contribution in [3.8, 4) is 0 Å². The Morgan fingerprint density at radius 1 is 1.10 bits per heavy atom. The molecule has 0 unspecified atom stereocenters. The van der Waals surface area contributed by atoms with Gasteiger partial charge >= 0.3 is 0 Å². The van der Waals surface area contributed by atoms with Crippen molar-refractivity contribution in [1.82, 2.24) is 0 Å². The van der Waals surface area contributed by atoms with Gasteiger partial charge in [-0.25, -0.2) is 8.42 Å². The molecule has 0 radical (unpaired) electrons. The third kappa shape index (κ3) is 2.41. The Bertz CT molecular complexity index is 805. The van der Waals surface area contributed by atoms with Crippen LogP contribution in [0, 0.1) is 0 Å². The van der Waals surface area contributed by atoms with Gasteiger partial charge in [0, 0.05) is 6.04 Å². The number of para-hydroxylation sites is 1. The van der Waals surface area contributed by atoms with Crippen LogP contribution in [0.25, 0.3) is 0 Å². The van der Waals surface area contributed by atoms with Gasteiger partial charge in [0.25, 0.3) is 10.0 Å². The Morgan fingerprint density at radius 3 is 2.52 bits per heavy atom. The maximum absolute atomic E-state index is 12.9. The molecule has 0 aliphatic carbocycles. The molecule has 1 aliphatic rings. The van der Waals surface area contributed by atoms with Crippen molar-refractivity contribution >= 4 is 38.9 Å². The van der Waals surface area contributed by atoms with Crippen molar-refractivity contribution in [2.75, 3.05) is 4.31 Å². The molecule has 110 valence electrons. The van der Waals surface area contributed by atoms with Gasteiger partial charge in [-0.3, -0.25) is 4.31 Å². The molecule has 0 aromatic heterocycles. The van der Waals surface area contributed by atoms with Crippen molar-refractivity contribution in [3.63, 3.8) is 0 Å². The minimum Gasteiger partial charge on any atom is -0.263 e. The van der Waals surface area contributed by atoms with Crippen molar-refractivity contribution in [2.45, 2.75) is 24.3 Å². The van der Waals surface area contributed by atoms with Crippen LogP contribution >= 0.6 is 23.2 Å². The lowest BCUT2D eigenvalue weighted by Gasteiger charge is -2.24. The second-order valence-corrected chi connectivity index (χ2v) is 7.69. The first-order valence-electron chi connectivity index (χ1n) is 6.48. The van der Waals surface area contributed by atoms with Gasteiger partial charge in [0.2, 0.25) is 0 Å². The van der Waals surface area contributed by atoms with E-state index in [1.54, 1.807) is 0 Å². The van der Waals surface area contributed by atoms with E-state index in [-0.39, 0.29) is 16.0 Å². The summed E-state index contributed by atoms with van der Waals surface area (Å²) in [5, 5.41) is 0.573. The average molecular weight is 342 g/mol. The van der Waals surface area contributed by atoms with E-state index in [1.165, 1.54) is 22.5 Å². The predicted octanol–water partition coefficient (Wildman–Crippen LogP) is 4.13. The Kier molecular flexibility index (Phi) is 3.64. The zero-order valence-electron chi connectivity index (χ0n) is 11.3. The molecule has 0 saturated heterocycles.